The van der Waals surface area contributed by atoms with Crippen LogP contribution in [-0.2, 0) is 70.4 Å². The second-order valence-electron chi connectivity index (χ2n) is 23.1. The molecule has 4 amide bonds. The molecule has 3 aliphatic carbocycles. The molecular weight excluding hydrogens is 1060 g/mol. The molecule has 22 nitrogen and oxygen atoms in total. The summed E-state index contributed by atoms with van der Waals surface area (Å²) in [6.45, 7) is 9.59. The molecule has 0 aromatic heterocycles. The molecule has 5 aliphatic rings. The normalized spacial score (nSPS) is 29.2. The molecule has 0 radical (unpaired) electrons. The number of benzene rings is 3. The van der Waals surface area contributed by atoms with Gasteiger partial charge in [0.15, 0.2) is 17.5 Å². The number of fused-ring (bicyclic) bond motifs is 5. The van der Waals surface area contributed by atoms with E-state index in [0.29, 0.717) is 6.42 Å². The summed E-state index contributed by atoms with van der Waals surface area (Å²) in [7, 11) is 0. The first-order valence-electron chi connectivity index (χ1n) is 27.7. The van der Waals surface area contributed by atoms with Gasteiger partial charge in [-0.3, -0.25) is 28.8 Å². The number of likely N-dealkylation sites (tertiary alicyclic amines) is 1. The Balaban J connectivity index is 1.04. The lowest BCUT2D eigenvalue weighted by molar-refractivity contribution is -0.347. The Morgan fingerprint density at radius 2 is 1.48 bits per heavy atom. The van der Waals surface area contributed by atoms with Crippen LogP contribution in [-0.4, -0.2) is 159 Å². The van der Waals surface area contributed by atoms with Crippen LogP contribution < -0.4 is 21.3 Å². The maximum Gasteiger partial charge on any atom is 0.338 e. The van der Waals surface area contributed by atoms with E-state index in [0.717, 1.165) is 18.1 Å². The molecule has 0 spiro atoms. The van der Waals surface area contributed by atoms with Crippen LogP contribution in [0.2, 0.25) is 0 Å². The number of nitrogens with one attached hydrogen (secondary N) is 4. The highest BCUT2D eigenvalue weighted by Gasteiger charge is 2.78. The Kier molecular flexibility index (Phi) is 18.4. The summed E-state index contributed by atoms with van der Waals surface area (Å²) in [5, 5.41) is 61.1. The molecule has 2 aliphatic heterocycles. The molecule has 3 aromatic carbocycles. The standard InChI is InChI=1S/C60H75N5O17/c1-33(2)46(54(74)65-25-17-24-39(65)53(73)62-30-43(68)78-31-37-20-13-9-14-21-37)63-56(76)64-47(38-22-15-10-16-23-38)49(71)55(75)80-40-27-60(77)52(81-44(69)29-61-28-36-18-11-8-12-19-36)50-58(7,51(72)48(70)45(34(40)3)57(60,5)6)41(67)26-42-59(50,32-79-42)82-35(4)66/h8-16,18-23,33,39-42,46-50,52,61,67,70-71,77H,17,24-32H2,1-7H3,(H,62,73)(H2,63,64,76)/t39-,40-,41-,42?,46-,47-,48+,49+,50?,52-,58+,59-,60+/m0/s1. The van der Waals surface area contributed by atoms with Crippen molar-refractivity contribution in [2.45, 2.75) is 153 Å². The fraction of sp³-hybridized carbons (Fsp3) is 0.533. The van der Waals surface area contributed by atoms with Crippen molar-refractivity contribution in [1.29, 1.82) is 0 Å². The lowest BCUT2D eigenvalue weighted by Gasteiger charge is -2.67. The highest BCUT2D eigenvalue weighted by Crippen LogP contribution is 2.64. The zero-order valence-electron chi connectivity index (χ0n) is 47.1. The van der Waals surface area contributed by atoms with Gasteiger partial charge in [0.1, 0.15) is 55.3 Å². The van der Waals surface area contributed by atoms with Crippen LogP contribution in [0.15, 0.2) is 102 Å². The Labute approximate surface area is 475 Å². The van der Waals surface area contributed by atoms with Crippen LogP contribution >= 0.6 is 0 Å². The summed E-state index contributed by atoms with van der Waals surface area (Å²) in [5.74, 6) is -8.02. The number of carbonyl (C=O) groups excluding carboxylic acids is 8. The van der Waals surface area contributed by atoms with Crippen molar-refractivity contribution >= 4 is 47.5 Å². The smallest absolute Gasteiger partial charge is 0.338 e. The molecule has 2 heterocycles. The molecule has 2 bridgehead atoms. The first-order chi connectivity index (χ1) is 38.8. The number of ketones is 1. The molecule has 3 aromatic rings. The number of rotatable bonds is 19. The van der Waals surface area contributed by atoms with Gasteiger partial charge in [0, 0.05) is 38.3 Å². The van der Waals surface area contributed by atoms with E-state index >= 15 is 4.79 Å². The number of hydrogen-bond donors (Lipinski definition) is 8. The molecule has 8 rings (SSSR count). The minimum atomic E-state index is -2.44. The van der Waals surface area contributed by atoms with Crippen molar-refractivity contribution in [2.24, 2.45) is 22.7 Å². The van der Waals surface area contributed by atoms with E-state index in [1.807, 2.05) is 36.4 Å². The quantitative estimate of drug-likeness (QED) is 0.0485. The molecular formula is C60H75N5O17. The van der Waals surface area contributed by atoms with Crippen LogP contribution in [0.1, 0.15) is 96.9 Å². The maximum atomic E-state index is 15.2. The van der Waals surface area contributed by atoms with E-state index in [9.17, 15) is 54.0 Å². The highest BCUT2D eigenvalue weighted by atomic mass is 16.6. The zero-order chi connectivity index (χ0) is 59.5. The van der Waals surface area contributed by atoms with Crippen molar-refractivity contribution in [3.8, 4) is 0 Å². The molecule has 8 N–H and O–H groups in total. The third-order valence-electron chi connectivity index (χ3n) is 17.3. The third kappa shape index (κ3) is 11.9. The molecule has 22 heteroatoms. The summed E-state index contributed by atoms with van der Waals surface area (Å²) in [4.78, 5) is 113. The summed E-state index contributed by atoms with van der Waals surface area (Å²) in [6, 6.07) is 21.3. The first-order valence-corrected chi connectivity index (χ1v) is 27.7. The van der Waals surface area contributed by atoms with Crippen molar-refractivity contribution in [2.75, 3.05) is 26.2 Å². The monoisotopic (exact) mass is 1140 g/mol. The van der Waals surface area contributed by atoms with Crippen LogP contribution in [0, 0.1) is 22.7 Å². The average Bonchev–Trinajstić information content (AvgIpc) is 1.14. The second-order valence-corrected chi connectivity index (χ2v) is 23.1. The minimum Gasteiger partial charge on any atom is -0.460 e. The van der Waals surface area contributed by atoms with Crippen LogP contribution in [0.25, 0.3) is 0 Å². The highest BCUT2D eigenvalue weighted by molar-refractivity contribution is 5.95. The molecule has 442 valence electrons. The number of aliphatic hydroxyl groups is 4. The lowest BCUT2D eigenvalue weighted by Crippen LogP contribution is -2.81. The number of esters is 4. The summed E-state index contributed by atoms with van der Waals surface area (Å²) >= 11 is 0. The van der Waals surface area contributed by atoms with Gasteiger partial charge in [-0.25, -0.2) is 9.59 Å². The van der Waals surface area contributed by atoms with E-state index in [-0.39, 0.29) is 55.9 Å². The predicted octanol–water partition coefficient (Wildman–Crippen LogP) is 2.39. The zero-order valence-corrected chi connectivity index (χ0v) is 47.1. The number of carbonyl (C=O) groups is 8. The molecule has 13 atom stereocenters. The number of urea groups is 1. The van der Waals surface area contributed by atoms with Gasteiger partial charge in [0.05, 0.1) is 36.6 Å². The van der Waals surface area contributed by atoms with Gasteiger partial charge in [-0.05, 0) is 60.4 Å². The summed E-state index contributed by atoms with van der Waals surface area (Å²) < 4.78 is 29.7. The molecule has 4 fully saturated rings. The number of ether oxygens (including phenoxy) is 5. The van der Waals surface area contributed by atoms with Crippen molar-refractivity contribution in [3.63, 3.8) is 0 Å². The van der Waals surface area contributed by atoms with Gasteiger partial charge >= 0.3 is 29.9 Å². The Hall–Kier alpha value is -7.08. The maximum absolute atomic E-state index is 15.2. The second kappa shape index (κ2) is 24.8. The van der Waals surface area contributed by atoms with Crippen molar-refractivity contribution in [1.82, 2.24) is 26.2 Å². The molecule has 2 saturated carbocycles. The van der Waals surface area contributed by atoms with E-state index in [1.165, 1.54) is 44.7 Å². The number of hydrogen-bond acceptors (Lipinski definition) is 18. The lowest BCUT2D eigenvalue weighted by atomic mass is 9.44. The number of Topliss-reactive ketones (excluding diaryl/α,β-unsaturated/α-hetero) is 1. The van der Waals surface area contributed by atoms with E-state index in [1.54, 1.807) is 56.3 Å². The molecule has 2 saturated heterocycles. The van der Waals surface area contributed by atoms with Crippen LogP contribution in [0.4, 0.5) is 4.79 Å². The van der Waals surface area contributed by atoms with Gasteiger partial charge in [0.2, 0.25) is 11.8 Å². The van der Waals surface area contributed by atoms with Crippen LogP contribution in [0.5, 0.6) is 0 Å². The fourth-order valence-electron chi connectivity index (χ4n) is 12.8. The average molecular weight is 1140 g/mol. The van der Waals surface area contributed by atoms with E-state index < -0.39 is 156 Å². The SMILES string of the molecule is CC(=O)O[C@@]12COC1C[C@H](O)[C@@]1(C)C(=O)[C@H](O)C3=C(C)[C@@H](OC(=O)[C@H](O)[C@@H](NC(=O)N[C@H](C(=O)N4CCC[C@H]4C(=O)NCC(=O)OCc4ccccc4)C(C)C)c4ccccc4)C[C@@](O)([C@@H](OC(=O)CNCc4ccccc4)C21)C3(C)C. The van der Waals surface area contributed by atoms with E-state index in [4.69, 9.17) is 23.7 Å². The molecule has 82 heavy (non-hydrogen) atoms. The topological polar surface area (TPSA) is 315 Å². The fourth-order valence-corrected chi connectivity index (χ4v) is 12.8. The number of aliphatic hydroxyl groups excluding tert-OH is 3. The van der Waals surface area contributed by atoms with Crippen molar-refractivity contribution < 1.29 is 82.5 Å². The largest absolute Gasteiger partial charge is 0.460 e. The predicted molar refractivity (Wildman–Crippen MR) is 291 cm³/mol. The Bertz CT molecular complexity index is 2910. The minimum absolute atomic E-state index is 0.00725. The Morgan fingerprint density at radius 3 is 2.09 bits per heavy atom. The molecule has 2 unspecified atom stereocenters. The summed E-state index contributed by atoms with van der Waals surface area (Å²) in [5.41, 5.74) is -6.24. The number of nitrogens with zero attached hydrogens (tertiary/aromatic N) is 1. The third-order valence-corrected chi connectivity index (χ3v) is 17.3. The summed E-state index contributed by atoms with van der Waals surface area (Å²) in [6.07, 6.45) is -10.5. The van der Waals surface area contributed by atoms with Gasteiger partial charge in [-0.15, -0.1) is 0 Å². The first kappa shape index (κ1) is 61.0. The number of amides is 4. The van der Waals surface area contributed by atoms with Gasteiger partial charge in [-0.1, -0.05) is 119 Å². The van der Waals surface area contributed by atoms with E-state index in [2.05, 4.69) is 21.3 Å². The van der Waals surface area contributed by atoms with Crippen LogP contribution in [0.3, 0.4) is 0 Å². The van der Waals surface area contributed by atoms with Gasteiger partial charge in [0.25, 0.3) is 0 Å². The Morgan fingerprint density at radius 1 is 0.841 bits per heavy atom. The van der Waals surface area contributed by atoms with Gasteiger partial charge in [-0.2, -0.15) is 0 Å². The van der Waals surface area contributed by atoms with Gasteiger partial charge < -0.3 is 70.3 Å². The van der Waals surface area contributed by atoms with Crippen molar-refractivity contribution in [3.05, 3.63) is 119 Å².